The molecule has 32 heavy (non-hydrogen) atoms. The first-order valence-electron chi connectivity index (χ1n) is 11.6. The van der Waals surface area contributed by atoms with E-state index in [4.69, 9.17) is 0 Å². The van der Waals surface area contributed by atoms with Crippen LogP contribution in [0.15, 0.2) is 53.3 Å². The molecule has 2 aromatic carbocycles. The van der Waals surface area contributed by atoms with E-state index in [-0.39, 0.29) is 17.4 Å². The number of nitrogens with zero attached hydrogens (tertiary/aromatic N) is 3. The standard InChI is InChI=1S/C26H32N4O2/c1-19(2)17-30-26(32)23-9-5-4-8-22(23)24(28-30)25(31)27-16-20-10-12-21(13-11-20)18-29-14-6-3-7-15-29/h4-5,8-13,19H,3,6-7,14-18H2,1-2H3,(H,27,31). The summed E-state index contributed by atoms with van der Waals surface area (Å²) in [6.45, 7) is 8.29. The minimum absolute atomic E-state index is 0.157. The van der Waals surface area contributed by atoms with Crippen molar-refractivity contribution in [1.82, 2.24) is 20.0 Å². The van der Waals surface area contributed by atoms with E-state index in [1.807, 2.05) is 26.0 Å². The Kier molecular flexibility index (Phi) is 7.00. The maximum absolute atomic E-state index is 13.0. The van der Waals surface area contributed by atoms with Gasteiger partial charge in [0, 0.05) is 25.0 Å². The minimum Gasteiger partial charge on any atom is -0.347 e. The average Bonchev–Trinajstić information content (AvgIpc) is 2.81. The van der Waals surface area contributed by atoms with E-state index in [0.29, 0.717) is 29.6 Å². The average molecular weight is 433 g/mol. The number of benzene rings is 2. The van der Waals surface area contributed by atoms with Gasteiger partial charge in [0.2, 0.25) is 0 Å². The molecule has 0 unspecified atom stereocenters. The number of rotatable bonds is 7. The van der Waals surface area contributed by atoms with Crippen molar-refractivity contribution in [3.63, 3.8) is 0 Å². The predicted octanol–water partition coefficient (Wildman–Crippen LogP) is 3.97. The number of amides is 1. The van der Waals surface area contributed by atoms with Crippen molar-refractivity contribution in [2.75, 3.05) is 13.1 Å². The second-order valence-corrected chi connectivity index (χ2v) is 9.11. The number of nitrogens with one attached hydrogen (secondary N) is 1. The highest BCUT2D eigenvalue weighted by molar-refractivity contribution is 6.04. The molecule has 1 fully saturated rings. The van der Waals surface area contributed by atoms with E-state index in [2.05, 4.69) is 39.6 Å². The van der Waals surface area contributed by atoms with E-state index in [0.717, 1.165) is 12.1 Å². The molecule has 2 heterocycles. The second kappa shape index (κ2) is 10.1. The molecule has 1 saturated heterocycles. The molecule has 0 saturated carbocycles. The maximum atomic E-state index is 13.0. The van der Waals surface area contributed by atoms with Crippen molar-refractivity contribution >= 4 is 16.7 Å². The van der Waals surface area contributed by atoms with E-state index < -0.39 is 0 Å². The van der Waals surface area contributed by atoms with Gasteiger partial charge < -0.3 is 5.32 Å². The molecule has 168 valence electrons. The number of aromatic nitrogens is 2. The van der Waals surface area contributed by atoms with Gasteiger partial charge in [0.05, 0.1) is 5.39 Å². The maximum Gasteiger partial charge on any atom is 0.274 e. The Labute approximate surface area is 189 Å². The Balaban J connectivity index is 1.47. The highest BCUT2D eigenvalue weighted by Gasteiger charge is 2.17. The van der Waals surface area contributed by atoms with Crippen LogP contribution in [0.2, 0.25) is 0 Å². The molecule has 4 rings (SSSR count). The van der Waals surface area contributed by atoms with Gasteiger partial charge in [0.1, 0.15) is 0 Å². The van der Waals surface area contributed by atoms with Gasteiger partial charge in [-0.2, -0.15) is 5.10 Å². The first kappa shape index (κ1) is 22.2. The first-order valence-corrected chi connectivity index (χ1v) is 11.6. The molecule has 1 aliphatic heterocycles. The van der Waals surface area contributed by atoms with Crippen LogP contribution in [-0.2, 0) is 19.6 Å². The van der Waals surface area contributed by atoms with Gasteiger partial charge in [-0.15, -0.1) is 0 Å². The predicted molar refractivity (Wildman–Crippen MR) is 128 cm³/mol. The second-order valence-electron chi connectivity index (χ2n) is 9.11. The van der Waals surface area contributed by atoms with E-state index in [9.17, 15) is 9.59 Å². The van der Waals surface area contributed by atoms with E-state index in [1.54, 1.807) is 12.1 Å². The highest BCUT2D eigenvalue weighted by Crippen LogP contribution is 2.15. The summed E-state index contributed by atoms with van der Waals surface area (Å²) in [5.41, 5.74) is 2.48. The van der Waals surface area contributed by atoms with Crippen LogP contribution in [0.1, 0.15) is 54.7 Å². The fourth-order valence-electron chi connectivity index (χ4n) is 4.28. The van der Waals surface area contributed by atoms with Gasteiger partial charge in [0.15, 0.2) is 5.69 Å². The number of fused-ring (bicyclic) bond motifs is 1. The zero-order valence-electron chi connectivity index (χ0n) is 19.0. The summed E-state index contributed by atoms with van der Waals surface area (Å²) in [5.74, 6) is -0.0168. The van der Waals surface area contributed by atoms with Gasteiger partial charge >= 0.3 is 0 Å². The molecule has 1 aromatic heterocycles. The Hall–Kier alpha value is -2.99. The lowest BCUT2D eigenvalue weighted by atomic mass is 10.1. The third-order valence-corrected chi connectivity index (χ3v) is 5.95. The van der Waals surface area contributed by atoms with Crippen LogP contribution in [0.4, 0.5) is 0 Å². The number of hydrogen-bond donors (Lipinski definition) is 1. The van der Waals surface area contributed by atoms with Crippen LogP contribution in [0.3, 0.4) is 0 Å². The molecule has 3 aromatic rings. The minimum atomic E-state index is -0.268. The Morgan fingerprint density at radius 3 is 2.31 bits per heavy atom. The number of carbonyl (C=O) groups is 1. The summed E-state index contributed by atoms with van der Waals surface area (Å²) >= 11 is 0. The quantitative estimate of drug-likeness (QED) is 0.614. The lowest BCUT2D eigenvalue weighted by Gasteiger charge is -2.26. The molecule has 0 radical (unpaired) electrons. The van der Waals surface area contributed by atoms with Gasteiger partial charge in [-0.05, 0) is 49.0 Å². The summed E-state index contributed by atoms with van der Waals surface area (Å²) in [4.78, 5) is 28.3. The summed E-state index contributed by atoms with van der Waals surface area (Å²) in [7, 11) is 0. The highest BCUT2D eigenvalue weighted by atomic mass is 16.2. The number of hydrogen-bond acceptors (Lipinski definition) is 4. The Morgan fingerprint density at radius 1 is 0.969 bits per heavy atom. The lowest BCUT2D eigenvalue weighted by molar-refractivity contribution is 0.0945. The van der Waals surface area contributed by atoms with Crippen LogP contribution in [0, 0.1) is 5.92 Å². The van der Waals surface area contributed by atoms with Gasteiger partial charge in [-0.25, -0.2) is 4.68 Å². The van der Waals surface area contributed by atoms with Crippen molar-refractivity contribution in [2.45, 2.75) is 52.7 Å². The van der Waals surface area contributed by atoms with Crippen molar-refractivity contribution in [3.05, 3.63) is 75.7 Å². The van der Waals surface area contributed by atoms with E-state index in [1.165, 1.54) is 42.6 Å². The molecule has 0 aliphatic carbocycles. The monoisotopic (exact) mass is 432 g/mol. The van der Waals surface area contributed by atoms with Crippen molar-refractivity contribution in [1.29, 1.82) is 0 Å². The number of likely N-dealkylation sites (tertiary alicyclic amines) is 1. The summed E-state index contributed by atoms with van der Waals surface area (Å²) in [6.07, 6.45) is 3.92. The summed E-state index contributed by atoms with van der Waals surface area (Å²) in [5, 5.41) is 8.51. The molecule has 1 aliphatic rings. The van der Waals surface area contributed by atoms with Crippen LogP contribution in [0.5, 0.6) is 0 Å². The van der Waals surface area contributed by atoms with Crippen LogP contribution >= 0.6 is 0 Å². The van der Waals surface area contributed by atoms with Crippen LogP contribution in [-0.4, -0.2) is 33.7 Å². The molecule has 6 nitrogen and oxygen atoms in total. The molecular weight excluding hydrogens is 400 g/mol. The molecule has 1 N–H and O–H groups in total. The fourth-order valence-corrected chi connectivity index (χ4v) is 4.28. The van der Waals surface area contributed by atoms with Gasteiger partial charge in [-0.3, -0.25) is 14.5 Å². The third kappa shape index (κ3) is 5.25. The molecular formula is C26H32N4O2. The van der Waals surface area contributed by atoms with Crippen LogP contribution in [0.25, 0.3) is 10.8 Å². The molecule has 1 amide bonds. The van der Waals surface area contributed by atoms with E-state index >= 15 is 0 Å². The lowest BCUT2D eigenvalue weighted by Crippen LogP contribution is -2.31. The largest absolute Gasteiger partial charge is 0.347 e. The number of carbonyl (C=O) groups excluding carboxylic acids is 1. The van der Waals surface area contributed by atoms with Crippen molar-refractivity contribution in [3.8, 4) is 0 Å². The summed E-state index contributed by atoms with van der Waals surface area (Å²) in [6, 6.07) is 15.6. The van der Waals surface area contributed by atoms with Gasteiger partial charge in [0.25, 0.3) is 11.5 Å². The van der Waals surface area contributed by atoms with Crippen LogP contribution < -0.4 is 10.9 Å². The Bertz CT molecular complexity index is 1130. The zero-order valence-corrected chi connectivity index (χ0v) is 19.0. The molecule has 6 heteroatoms. The smallest absolute Gasteiger partial charge is 0.274 e. The SMILES string of the molecule is CC(C)Cn1nc(C(=O)NCc2ccc(CN3CCCCC3)cc2)c2ccccc2c1=O. The first-order chi connectivity index (χ1) is 15.5. The number of piperidine rings is 1. The summed E-state index contributed by atoms with van der Waals surface area (Å²) < 4.78 is 1.41. The van der Waals surface area contributed by atoms with Gasteiger partial charge in [-0.1, -0.05) is 62.7 Å². The topological polar surface area (TPSA) is 67.2 Å². The third-order valence-electron chi connectivity index (χ3n) is 5.95. The van der Waals surface area contributed by atoms with Crippen molar-refractivity contribution in [2.24, 2.45) is 5.92 Å². The molecule has 0 bridgehead atoms. The van der Waals surface area contributed by atoms with Crippen molar-refractivity contribution < 1.29 is 4.79 Å². The Morgan fingerprint density at radius 2 is 1.62 bits per heavy atom. The molecule has 0 atom stereocenters. The zero-order chi connectivity index (χ0) is 22.5. The molecule has 0 spiro atoms. The normalized spacial score (nSPS) is 14.7. The fraction of sp³-hybridized carbons (Fsp3) is 0.423.